The fourth-order valence-corrected chi connectivity index (χ4v) is 2.52. The summed E-state index contributed by atoms with van der Waals surface area (Å²) in [6.45, 7) is 3.14. The molecular weight excluding hydrogens is 264 g/mol. The number of esters is 1. The van der Waals surface area contributed by atoms with Crippen LogP contribution in [0.3, 0.4) is 0 Å². The Balaban J connectivity index is 2.56. The molecule has 0 aromatic heterocycles. The molecule has 1 amide bonds. The van der Waals surface area contributed by atoms with Gasteiger partial charge in [0.25, 0.3) is 0 Å². The van der Waals surface area contributed by atoms with Crippen molar-refractivity contribution in [2.24, 2.45) is 11.8 Å². The van der Waals surface area contributed by atoms with Crippen LogP contribution in [0.5, 0.6) is 0 Å². The number of rotatable bonds is 6. The van der Waals surface area contributed by atoms with Crippen LogP contribution in [-0.4, -0.2) is 62.2 Å². The Morgan fingerprint density at radius 2 is 1.95 bits per heavy atom. The predicted octanol–water partition coefficient (Wildman–Crippen LogP) is -0.454. The number of hydrogen-bond donors (Lipinski definition) is 2. The second-order valence-corrected chi connectivity index (χ2v) is 4.97. The van der Waals surface area contributed by atoms with Crippen molar-refractivity contribution in [2.75, 3.05) is 33.9 Å². The molecule has 2 unspecified atom stereocenters. The predicted molar refractivity (Wildman–Crippen MR) is 71.5 cm³/mol. The van der Waals surface area contributed by atoms with Gasteiger partial charge in [0.2, 0.25) is 12.3 Å². The Hall–Kier alpha value is -1.18. The van der Waals surface area contributed by atoms with E-state index in [1.807, 2.05) is 0 Å². The number of amides is 1. The first-order valence-electron chi connectivity index (χ1n) is 6.77. The largest absolute Gasteiger partial charge is 0.469 e. The number of carbonyl (C=O) groups is 2. The standard InChI is InChI=1S/C13H24N2O5/c1-9(16)15-6-4-10(5-7-15)11(12(17)19-2)8-14-13(18)20-3/h10-11,13-14,18H,4-8H2,1-3H3. The van der Waals surface area contributed by atoms with Crippen LogP contribution in [0.1, 0.15) is 19.8 Å². The normalized spacial score (nSPS) is 19.5. The smallest absolute Gasteiger partial charge is 0.310 e. The highest BCUT2D eigenvalue weighted by molar-refractivity contribution is 5.74. The molecule has 2 N–H and O–H groups in total. The first-order valence-corrected chi connectivity index (χ1v) is 6.77. The van der Waals surface area contributed by atoms with E-state index in [0.717, 1.165) is 12.8 Å². The summed E-state index contributed by atoms with van der Waals surface area (Å²) in [7, 11) is 2.73. The first-order chi connectivity index (χ1) is 9.49. The molecule has 20 heavy (non-hydrogen) atoms. The lowest BCUT2D eigenvalue weighted by Gasteiger charge is -2.34. The van der Waals surface area contributed by atoms with Crippen molar-refractivity contribution in [3.8, 4) is 0 Å². The average Bonchev–Trinajstić information content (AvgIpc) is 2.47. The van der Waals surface area contributed by atoms with Gasteiger partial charge in [0.15, 0.2) is 0 Å². The van der Waals surface area contributed by atoms with Crippen LogP contribution >= 0.6 is 0 Å². The maximum Gasteiger partial charge on any atom is 0.310 e. The van der Waals surface area contributed by atoms with E-state index in [1.165, 1.54) is 14.2 Å². The molecule has 7 heteroatoms. The number of likely N-dealkylation sites (tertiary alicyclic amines) is 1. The molecule has 1 heterocycles. The van der Waals surface area contributed by atoms with Crippen molar-refractivity contribution in [2.45, 2.75) is 26.2 Å². The topological polar surface area (TPSA) is 88.1 Å². The molecule has 1 rings (SSSR count). The summed E-state index contributed by atoms with van der Waals surface area (Å²) in [6.07, 6.45) is 0.410. The van der Waals surface area contributed by atoms with E-state index >= 15 is 0 Å². The summed E-state index contributed by atoms with van der Waals surface area (Å²) < 4.78 is 9.51. The minimum atomic E-state index is -1.10. The van der Waals surface area contributed by atoms with Crippen LogP contribution in [-0.2, 0) is 19.1 Å². The number of hydrogen-bond acceptors (Lipinski definition) is 6. The maximum atomic E-state index is 11.9. The molecule has 0 bridgehead atoms. The highest BCUT2D eigenvalue weighted by atomic mass is 16.6. The highest BCUT2D eigenvalue weighted by Gasteiger charge is 2.32. The number of nitrogens with one attached hydrogen (secondary N) is 1. The molecule has 1 aliphatic heterocycles. The molecule has 1 fully saturated rings. The second-order valence-electron chi connectivity index (χ2n) is 4.97. The number of aliphatic hydroxyl groups is 1. The quantitative estimate of drug-likeness (QED) is 0.508. The summed E-state index contributed by atoms with van der Waals surface area (Å²) in [5.41, 5.74) is 0. The number of nitrogens with zero attached hydrogens (tertiary/aromatic N) is 1. The Morgan fingerprint density at radius 3 is 2.40 bits per heavy atom. The van der Waals surface area contributed by atoms with Crippen molar-refractivity contribution >= 4 is 11.9 Å². The Labute approximate surface area is 119 Å². The lowest BCUT2D eigenvalue weighted by atomic mass is 9.84. The van der Waals surface area contributed by atoms with E-state index in [2.05, 4.69) is 10.1 Å². The van der Waals surface area contributed by atoms with Crippen molar-refractivity contribution in [1.29, 1.82) is 0 Å². The zero-order valence-electron chi connectivity index (χ0n) is 12.3. The van der Waals surface area contributed by atoms with Gasteiger partial charge in [-0.1, -0.05) is 0 Å². The highest BCUT2D eigenvalue weighted by Crippen LogP contribution is 2.26. The van der Waals surface area contributed by atoms with E-state index in [1.54, 1.807) is 11.8 Å². The van der Waals surface area contributed by atoms with Gasteiger partial charge in [0.1, 0.15) is 0 Å². The summed E-state index contributed by atoms with van der Waals surface area (Å²) in [6, 6.07) is 0. The van der Waals surface area contributed by atoms with E-state index < -0.39 is 6.41 Å². The van der Waals surface area contributed by atoms with Gasteiger partial charge in [-0.15, -0.1) is 0 Å². The SMILES string of the molecule is COC(=O)C(CNC(O)OC)C1CCN(C(C)=O)CC1. The van der Waals surface area contributed by atoms with Crippen molar-refractivity contribution < 1.29 is 24.2 Å². The third-order valence-electron chi connectivity index (χ3n) is 3.79. The van der Waals surface area contributed by atoms with Crippen LogP contribution in [0.25, 0.3) is 0 Å². The molecule has 2 atom stereocenters. The second kappa shape index (κ2) is 8.18. The molecule has 7 nitrogen and oxygen atoms in total. The number of methoxy groups -OCH3 is 2. The average molecular weight is 288 g/mol. The number of piperidine rings is 1. The van der Waals surface area contributed by atoms with Crippen LogP contribution in [0.15, 0.2) is 0 Å². The Morgan fingerprint density at radius 1 is 1.35 bits per heavy atom. The fourth-order valence-electron chi connectivity index (χ4n) is 2.52. The monoisotopic (exact) mass is 288 g/mol. The van der Waals surface area contributed by atoms with Crippen molar-refractivity contribution in [3.05, 3.63) is 0 Å². The molecule has 0 aromatic rings. The molecule has 0 saturated carbocycles. The molecule has 1 saturated heterocycles. The minimum absolute atomic E-state index is 0.0611. The van der Waals surface area contributed by atoms with Gasteiger partial charge >= 0.3 is 5.97 Å². The zero-order valence-corrected chi connectivity index (χ0v) is 12.3. The van der Waals surface area contributed by atoms with Crippen LogP contribution in [0.2, 0.25) is 0 Å². The fraction of sp³-hybridized carbons (Fsp3) is 0.846. The number of ether oxygens (including phenoxy) is 2. The maximum absolute atomic E-state index is 11.9. The van der Waals surface area contributed by atoms with Gasteiger partial charge in [-0.3, -0.25) is 14.9 Å². The minimum Gasteiger partial charge on any atom is -0.469 e. The number of aliphatic hydroxyl groups excluding tert-OH is 1. The van der Waals surface area contributed by atoms with Gasteiger partial charge < -0.3 is 19.5 Å². The van der Waals surface area contributed by atoms with Crippen molar-refractivity contribution in [1.82, 2.24) is 10.2 Å². The van der Waals surface area contributed by atoms with Gasteiger partial charge in [0.05, 0.1) is 13.0 Å². The molecule has 0 aliphatic carbocycles. The molecule has 0 radical (unpaired) electrons. The van der Waals surface area contributed by atoms with Crippen molar-refractivity contribution in [3.63, 3.8) is 0 Å². The van der Waals surface area contributed by atoms with Gasteiger partial charge in [0, 0.05) is 33.7 Å². The third-order valence-corrected chi connectivity index (χ3v) is 3.79. The first kappa shape index (κ1) is 16.9. The lowest BCUT2D eigenvalue weighted by molar-refractivity contribution is -0.150. The Kier molecular flexibility index (Phi) is 6.90. The van der Waals surface area contributed by atoms with Gasteiger partial charge in [-0.05, 0) is 18.8 Å². The molecule has 116 valence electrons. The van der Waals surface area contributed by atoms with E-state index in [0.29, 0.717) is 13.1 Å². The summed E-state index contributed by atoms with van der Waals surface area (Å²) >= 11 is 0. The summed E-state index contributed by atoms with van der Waals surface area (Å²) in [5.74, 6) is -0.457. The van der Waals surface area contributed by atoms with Gasteiger partial charge in [-0.2, -0.15) is 0 Å². The number of carbonyl (C=O) groups excluding carboxylic acids is 2. The van der Waals surface area contributed by atoms with E-state index in [4.69, 9.17) is 4.74 Å². The molecule has 0 spiro atoms. The van der Waals surface area contributed by atoms with Crippen LogP contribution < -0.4 is 5.32 Å². The zero-order chi connectivity index (χ0) is 15.1. The Bertz CT molecular complexity index is 329. The third kappa shape index (κ3) is 4.73. The molecule has 0 aromatic carbocycles. The molecular formula is C13H24N2O5. The van der Waals surface area contributed by atoms with Gasteiger partial charge in [-0.25, -0.2) is 0 Å². The lowest BCUT2D eigenvalue weighted by Crippen LogP contribution is -2.45. The summed E-state index contributed by atoms with van der Waals surface area (Å²) in [4.78, 5) is 24.9. The molecule has 1 aliphatic rings. The van der Waals surface area contributed by atoms with Crippen LogP contribution in [0, 0.1) is 11.8 Å². The van der Waals surface area contributed by atoms with E-state index in [9.17, 15) is 14.7 Å². The van der Waals surface area contributed by atoms with E-state index in [-0.39, 0.29) is 30.3 Å². The summed E-state index contributed by atoms with van der Waals surface area (Å²) in [5, 5.41) is 12.1. The van der Waals surface area contributed by atoms with Crippen LogP contribution in [0.4, 0.5) is 0 Å².